The highest BCUT2D eigenvalue weighted by molar-refractivity contribution is 6.04. The van der Waals surface area contributed by atoms with E-state index in [0.717, 1.165) is 62.9 Å². The maximum absolute atomic E-state index is 13.1. The van der Waals surface area contributed by atoms with Crippen molar-refractivity contribution in [3.63, 3.8) is 0 Å². The molecule has 0 saturated carbocycles. The first kappa shape index (κ1) is 17.5. The second kappa shape index (κ2) is 7.00. The van der Waals surface area contributed by atoms with Gasteiger partial charge in [-0.25, -0.2) is 0 Å². The fourth-order valence-electron chi connectivity index (χ4n) is 4.62. The van der Waals surface area contributed by atoms with Gasteiger partial charge in [-0.2, -0.15) is 5.10 Å². The van der Waals surface area contributed by atoms with E-state index in [1.165, 1.54) is 0 Å². The SMILES string of the molecule is COCC[C@H]1CCOC12CCN(C(=O)c1nn(C)c3ccccc13)CC2. The number of ether oxygens (including phenoxy) is 2. The smallest absolute Gasteiger partial charge is 0.275 e. The molecule has 0 radical (unpaired) electrons. The van der Waals surface area contributed by atoms with E-state index in [1.807, 2.05) is 36.2 Å². The molecule has 2 saturated heterocycles. The molecule has 2 aliphatic rings. The van der Waals surface area contributed by atoms with Gasteiger partial charge in [0, 0.05) is 45.8 Å². The first-order valence-corrected chi connectivity index (χ1v) is 9.48. The van der Waals surface area contributed by atoms with Gasteiger partial charge < -0.3 is 14.4 Å². The number of rotatable bonds is 4. The lowest BCUT2D eigenvalue weighted by atomic mass is 9.78. The molecule has 2 fully saturated rings. The van der Waals surface area contributed by atoms with Crippen LogP contribution in [0.2, 0.25) is 0 Å². The van der Waals surface area contributed by atoms with E-state index in [1.54, 1.807) is 11.8 Å². The molecule has 1 spiro atoms. The summed E-state index contributed by atoms with van der Waals surface area (Å²) in [7, 11) is 3.64. The largest absolute Gasteiger partial charge is 0.385 e. The summed E-state index contributed by atoms with van der Waals surface area (Å²) in [6.45, 7) is 3.06. The molecule has 1 aromatic heterocycles. The molecule has 0 unspecified atom stereocenters. The quantitative estimate of drug-likeness (QED) is 0.844. The molecule has 3 heterocycles. The number of likely N-dealkylation sites (tertiary alicyclic amines) is 1. The summed E-state index contributed by atoms with van der Waals surface area (Å²) in [6.07, 6.45) is 3.94. The number of carbonyl (C=O) groups excluding carboxylic acids is 1. The minimum absolute atomic E-state index is 0.0306. The van der Waals surface area contributed by atoms with Crippen molar-refractivity contribution >= 4 is 16.8 Å². The Morgan fingerprint density at radius 2 is 2.12 bits per heavy atom. The van der Waals surface area contributed by atoms with E-state index in [9.17, 15) is 4.79 Å². The average Bonchev–Trinajstić information content (AvgIpc) is 3.21. The third-order valence-corrected chi connectivity index (χ3v) is 6.13. The summed E-state index contributed by atoms with van der Waals surface area (Å²) in [5.74, 6) is 0.568. The predicted octanol–water partition coefficient (Wildman–Crippen LogP) is 2.62. The zero-order chi connectivity index (χ0) is 18.1. The van der Waals surface area contributed by atoms with Gasteiger partial charge in [0.15, 0.2) is 5.69 Å². The number of hydrogen-bond acceptors (Lipinski definition) is 4. The maximum atomic E-state index is 13.1. The Labute approximate surface area is 154 Å². The predicted molar refractivity (Wildman–Crippen MR) is 99.1 cm³/mol. The lowest BCUT2D eigenvalue weighted by Crippen LogP contribution is -2.49. The Kier molecular flexibility index (Phi) is 4.71. The molecule has 1 aromatic carbocycles. The van der Waals surface area contributed by atoms with E-state index in [-0.39, 0.29) is 11.5 Å². The molecule has 4 rings (SSSR count). The summed E-state index contributed by atoms with van der Waals surface area (Å²) >= 11 is 0. The van der Waals surface area contributed by atoms with Gasteiger partial charge in [0.1, 0.15) is 0 Å². The Morgan fingerprint density at radius 1 is 1.35 bits per heavy atom. The molecule has 0 aliphatic carbocycles. The van der Waals surface area contributed by atoms with E-state index in [0.29, 0.717) is 11.6 Å². The van der Waals surface area contributed by atoms with Crippen molar-refractivity contribution in [2.24, 2.45) is 13.0 Å². The van der Waals surface area contributed by atoms with Crippen molar-refractivity contribution in [2.45, 2.75) is 31.3 Å². The van der Waals surface area contributed by atoms with Gasteiger partial charge in [-0.3, -0.25) is 9.48 Å². The highest BCUT2D eigenvalue weighted by Crippen LogP contribution is 2.42. The van der Waals surface area contributed by atoms with Crippen LogP contribution in [0.5, 0.6) is 0 Å². The number of aryl methyl sites for hydroxylation is 1. The molecule has 1 amide bonds. The van der Waals surface area contributed by atoms with E-state index in [2.05, 4.69) is 5.10 Å². The van der Waals surface area contributed by atoms with Crippen molar-refractivity contribution in [3.05, 3.63) is 30.0 Å². The Bertz CT molecular complexity index is 793. The number of fused-ring (bicyclic) bond motifs is 1. The fraction of sp³-hybridized carbons (Fsp3) is 0.600. The number of piperidine rings is 1. The van der Waals surface area contributed by atoms with Crippen LogP contribution < -0.4 is 0 Å². The van der Waals surface area contributed by atoms with E-state index < -0.39 is 0 Å². The normalized spacial score (nSPS) is 22.4. The number of methoxy groups -OCH3 is 1. The maximum Gasteiger partial charge on any atom is 0.275 e. The van der Waals surface area contributed by atoms with Crippen LogP contribution in [-0.2, 0) is 16.5 Å². The third kappa shape index (κ3) is 2.91. The second-order valence-electron chi connectivity index (χ2n) is 7.46. The van der Waals surface area contributed by atoms with Crippen LogP contribution >= 0.6 is 0 Å². The molecule has 1 atom stereocenters. The van der Waals surface area contributed by atoms with Crippen LogP contribution in [-0.4, -0.2) is 59.6 Å². The van der Waals surface area contributed by atoms with Crippen molar-refractivity contribution in [1.82, 2.24) is 14.7 Å². The number of aromatic nitrogens is 2. The van der Waals surface area contributed by atoms with Crippen LogP contribution in [0, 0.1) is 5.92 Å². The van der Waals surface area contributed by atoms with E-state index >= 15 is 0 Å². The minimum atomic E-state index is -0.0680. The van der Waals surface area contributed by atoms with Gasteiger partial charge in [0.05, 0.1) is 11.1 Å². The molecule has 140 valence electrons. The number of carbonyl (C=O) groups is 1. The number of para-hydroxylation sites is 1. The molecule has 26 heavy (non-hydrogen) atoms. The van der Waals surface area contributed by atoms with Gasteiger partial charge in [0.2, 0.25) is 0 Å². The number of nitrogens with zero attached hydrogens (tertiary/aromatic N) is 3. The molecule has 0 N–H and O–H groups in total. The van der Waals surface area contributed by atoms with Gasteiger partial charge >= 0.3 is 0 Å². The molecule has 6 heteroatoms. The van der Waals surface area contributed by atoms with Crippen LogP contribution in [0.3, 0.4) is 0 Å². The molecule has 2 aromatic rings. The monoisotopic (exact) mass is 357 g/mol. The van der Waals surface area contributed by atoms with Gasteiger partial charge in [-0.1, -0.05) is 18.2 Å². The van der Waals surface area contributed by atoms with Gasteiger partial charge in [0.25, 0.3) is 5.91 Å². The van der Waals surface area contributed by atoms with Crippen molar-refractivity contribution in [3.8, 4) is 0 Å². The standard InChI is InChI=1S/C20H27N3O3/c1-22-17-6-4-3-5-16(17)18(21-22)19(24)23-11-9-20(10-12-23)15(7-13-25-2)8-14-26-20/h3-6,15H,7-14H2,1-2H3/t15-/m0/s1. The van der Waals surface area contributed by atoms with Crippen molar-refractivity contribution < 1.29 is 14.3 Å². The highest BCUT2D eigenvalue weighted by atomic mass is 16.5. The lowest BCUT2D eigenvalue weighted by Gasteiger charge is -2.42. The Morgan fingerprint density at radius 3 is 2.88 bits per heavy atom. The fourth-order valence-corrected chi connectivity index (χ4v) is 4.62. The summed E-state index contributed by atoms with van der Waals surface area (Å²) in [4.78, 5) is 15.0. The molecule has 0 bridgehead atoms. The zero-order valence-corrected chi connectivity index (χ0v) is 15.6. The number of benzene rings is 1. The third-order valence-electron chi connectivity index (χ3n) is 6.13. The van der Waals surface area contributed by atoms with Gasteiger partial charge in [-0.15, -0.1) is 0 Å². The highest BCUT2D eigenvalue weighted by Gasteiger charge is 2.46. The topological polar surface area (TPSA) is 56.6 Å². The first-order valence-electron chi connectivity index (χ1n) is 9.48. The van der Waals surface area contributed by atoms with Crippen LogP contribution in [0.1, 0.15) is 36.2 Å². The average molecular weight is 357 g/mol. The van der Waals surface area contributed by atoms with Crippen LogP contribution in [0.4, 0.5) is 0 Å². The Hall–Kier alpha value is -1.92. The van der Waals surface area contributed by atoms with Crippen molar-refractivity contribution in [1.29, 1.82) is 0 Å². The summed E-state index contributed by atoms with van der Waals surface area (Å²) in [5.41, 5.74) is 1.48. The van der Waals surface area contributed by atoms with Crippen LogP contribution in [0.25, 0.3) is 10.9 Å². The van der Waals surface area contributed by atoms with Crippen LogP contribution in [0.15, 0.2) is 24.3 Å². The van der Waals surface area contributed by atoms with E-state index in [4.69, 9.17) is 9.47 Å². The molecular formula is C20H27N3O3. The Balaban J connectivity index is 1.48. The second-order valence-corrected chi connectivity index (χ2v) is 7.46. The summed E-state index contributed by atoms with van der Waals surface area (Å²) in [6, 6.07) is 7.90. The number of amides is 1. The molecule has 2 aliphatic heterocycles. The van der Waals surface area contributed by atoms with Gasteiger partial charge in [-0.05, 0) is 37.7 Å². The first-order chi connectivity index (χ1) is 12.6. The molecular weight excluding hydrogens is 330 g/mol. The van der Waals surface area contributed by atoms with Crippen molar-refractivity contribution in [2.75, 3.05) is 33.4 Å². The zero-order valence-electron chi connectivity index (χ0n) is 15.6. The summed E-state index contributed by atoms with van der Waals surface area (Å²) in [5, 5.41) is 5.41. The summed E-state index contributed by atoms with van der Waals surface area (Å²) < 4.78 is 13.2. The molecule has 6 nitrogen and oxygen atoms in total. The lowest BCUT2D eigenvalue weighted by molar-refractivity contribution is -0.0662. The minimum Gasteiger partial charge on any atom is -0.385 e. The number of hydrogen-bond donors (Lipinski definition) is 0.